The summed E-state index contributed by atoms with van der Waals surface area (Å²) in [7, 11) is 0. The molecule has 2 atom stereocenters. The highest BCUT2D eigenvalue weighted by Gasteiger charge is 2.30. The summed E-state index contributed by atoms with van der Waals surface area (Å²) in [6.07, 6.45) is 6.81. The van der Waals surface area contributed by atoms with E-state index in [1.165, 1.54) is 12.8 Å². The number of carbonyl (C=O) groups excluding carboxylic acids is 2. The summed E-state index contributed by atoms with van der Waals surface area (Å²) in [4.78, 5) is 28.2. The maximum Gasteiger partial charge on any atom is 0.239 e. The molecule has 2 heterocycles. The van der Waals surface area contributed by atoms with Crippen LogP contribution in [-0.4, -0.2) is 59.9 Å². The lowest BCUT2D eigenvalue weighted by atomic mass is 10.0. The minimum Gasteiger partial charge on any atom is -0.352 e. The van der Waals surface area contributed by atoms with E-state index in [9.17, 15) is 9.59 Å². The van der Waals surface area contributed by atoms with Crippen LogP contribution in [0.3, 0.4) is 0 Å². The van der Waals surface area contributed by atoms with E-state index in [4.69, 9.17) is 0 Å². The average molecular weight is 295 g/mol. The molecule has 5 nitrogen and oxygen atoms in total. The second-order valence-electron chi connectivity index (χ2n) is 6.45. The number of likely N-dealkylation sites (tertiary alicyclic amines) is 2. The van der Waals surface area contributed by atoms with E-state index in [1.807, 2.05) is 11.8 Å². The molecule has 120 valence electrons. The molecule has 21 heavy (non-hydrogen) atoms. The van der Waals surface area contributed by atoms with Crippen LogP contribution in [0.4, 0.5) is 0 Å². The molecule has 2 rings (SSSR count). The Labute approximate surface area is 128 Å². The summed E-state index contributed by atoms with van der Waals surface area (Å²) in [6, 6.07) is 0.121. The van der Waals surface area contributed by atoms with Gasteiger partial charge in [-0.1, -0.05) is 12.8 Å². The fourth-order valence-electron chi connectivity index (χ4n) is 3.47. The minimum atomic E-state index is -0.0698. The number of hydrogen-bond acceptors (Lipinski definition) is 3. The van der Waals surface area contributed by atoms with Crippen molar-refractivity contribution in [3.05, 3.63) is 0 Å². The van der Waals surface area contributed by atoms with Crippen LogP contribution in [0.1, 0.15) is 52.4 Å². The van der Waals surface area contributed by atoms with Crippen molar-refractivity contribution in [2.75, 3.05) is 26.2 Å². The van der Waals surface area contributed by atoms with Gasteiger partial charge in [0.05, 0.1) is 6.04 Å². The maximum atomic E-state index is 12.7. The highest BCUT2D eigenvalue weighted by molar-refractivity contribution is 5.81. The molecule has 0 radical (unpaired) electrons. The summed E-state index contributed by atoms with van der Waals surface area (Å²) in [6.45, 7) is 7.14. The Morgan fingerprint density at radius 3 is 2.33 bits per heavy atom. The first-order valence-electron chi connectivity index (χ1n) is 8.38. The van der Waals surface area contributed by atoms with Gasteiger partial charge >= 0.3 is 0 Å². The smallest absolute Gasteiger partial charge is 0.239 e. The Bertz CT molecular complexity index is 365. The summed E-state index contributed by atoms with van der Waals surface area (Å²) < 4.78 is 0. The van der Waals surface area contributed by atoms with Crippen LogP contribution in [0, 0.1) is 0 Å². The van der Waals surface area contributed by atoms with Crippen molar-refractivity contribution in [2.45, 2.75) is 64.5 Å². The van der Waals surface area contributed by atoms with Gasteiger partial charge in [0.25, 0.3) is 0 Å². The predicted molar refractivity (Wildman–Crippen MR) is 82.9 cm³/mol. The van der Waals surface area contributed by atoms with Crippen molar-refractivity contribution in [3.8, 4) is 0 Å². The van der Waals surface area contributed by atoms with Gasteiger partial charge in [0.1, 0.15) is 0 Å². The van der Waals surface area contributed by atoms with Crippen molar-refractivity contribution in [1.29, 1.82) is 0 Å². The van der Waals surface area contributed by atoms with Crippen LogP contribution in [-0.2, 0) is 9.59 Å². The molecule has 0 aromatic rings. The van der Waals surface area contributed by atoms with Gasteiger partial charge in [0.2, 0.25) is 11.8 Å². The average Bonchev–Trinajstić information content (AvgIpc) is 2.74. The SMILES string of the molecule is CC(=O)N[C@@H]1CCCN([C@@H](C)C(=O)N2CCCCCC2)C1. The quantitative estimate of drug-likeness (QED) is 0.856. The normalized spacial score (nSPS) is 26.0. The molecule has 0 aromatic carbocycles. The fourth-order valence-corrected chi connectivity index (χ4v) is 3.47. The molecule has 0 spiro atoms. The number of piperidine rings is 1. The maximum absolute atomic E-state index is 12.7. The standard InChI is InChI=1S/C16H29N3O2/c1-13(16(21)18-9-5-3-4-6-10-18)19-11-7-8-15(12-19)17-14(2)20/h13,15H,3-12H2,1-2H3,(H,17,20)/t13-,15+/m0/s1. The molecule has 0 unspecified atom stereocenters. The lowest BCUT2D eigenvalue weighted by Gasteiger charge is -2.38. The number of nitrogens with zero attached hydrogens (tertiary/aromatic N) is 2. The van der Waals surface area contributed by atoms with E-state index in [0.717, 1.165) is 51.9 Å². The van der Waals surface area contributed by atoms with Crippen molar-refractivity contribution in [2.24, 2.45) is 0 Å². The molecule has 2 aliphatic heterocycles. The van der Waals surface area contributed by atoms with Crippen LogP contribution in [0.25, 0.3) is 0 Å². The molecule has 2 saturated heterocycles. The number of carbonyl (C=O) groups is 2. The van der Waals surface area contributed by atoms with E-state index in [1.54, 1.807) is 6.92 Å². The summed E-state index contributed by atoms with van der Waals surface area (Å²) >= 11 is 0. The van der Waals surface area contributed by atoms with Gasteiger partial charge in [0, 0.05) is 32.6 Å². The third-order valence-electron chi connectivity index (χ3n) is 4.68. The zero-order valence-corrected chi connectivity index (χ0v) is 13.4. The third kappa shape index (κ3) is 4.70. The van der Waals surface area contributed by atoms with Gasteiger partial charge < -0.3 is 10.2 Å². The molecular weight excluding hydrogens is 266 g/mol. The third-order valence-corrected chi connectivity index (χ3v) is 4.68. The number of nitrogens with one attached hydrogen (secondary N) is 1. The molecule has 2 fully saturated rings. The molecular formula is C16H29N3O2. The van der Waals surface area contributed by atoms with Gasteiger partial charge in [0.15, 0.2) is 0 Å². The molecule has 0 bridgehead atoms. The molecule has 0 aliphatic carbocycles. The first kappa shape index (κ1) is 16.3. The Morgan fingerprint density at radius 2 is 1.71 bits per heavy atom. The second-order valence-corrected chi connectivity index (χ2v) is 6.45. The van der Waals surface area contributed by atoms with E-state index in [-0.39, 0.29) is 23.9 Å². The largest absolute Gasteiger partial charge is 0.352 e. The molecule has 2 aliphatic rings. The van der Waals surface area contributed by atoms with Crippen molar-refractivity contribution in [3.63, 3.8) is 0 Å². The van der Waals surface area contributed by atoms with E-state index >= 15 is 0 Å². The van der Waals surface area contributed by atoms with Crippen LogP contribution in [0.15, 0.2) is 0 Å². The lowest BCUT2D eigenvalue weighted by Crippen LogP contribution is -2.54. The van der Waals surface area contributed by atoms with Crippen LogP contribution >= 0.6 is 0 Å². The lowest BCUT2D eigenvalue weighted by molar-refractivity contribution is -0.136. The van der Waals surface area contributed by atoms with Crippen molar-refractivity contribution in [1.82, 2.24) is 15.1 Å². The topological polar surface area (TPSA) is 52.7 Å². The Morgan fingerprint density at radius 1 is 1.05 bits per heavy atom. The predicted octanol–water partition coefficient (Wildman–Crippen LogP) is 1.38. The van der Waals surface area contributed by atoms with Gasteiger partial charge in [-0.2, -0.15) is 0 Å². The van der Waals surface area contributed by atoms with Crippen LogP contribution in [0.2, 0.25) is 0 Å². The van der Waals surface area contributed by atoms with Gasteiger partial charge in [-0.05, 0) is 39.2 Å². The molecule has 2 amide bonds. The minimum absolute atomic E-state index is 0.0216. The van der Waals surface area contributed by atoms with E-state index in [2.05, 4.69) is 10.2 Å². The number of amides is 2. The van der Waals surface area contributed by atoms with Crippen molar-refractivity contribution < 1.29 is 9.59 Å². The second kappa shape index (κ2) is 7.78. The highest BCUT2D eigenvalue weighted by atomic mass is 16.2. The van der Waals surface area contributed by atoms with Crippen molar-refractivity contribution >= 4 is 11.8 Å². The zero-order chi connectivity index (χ0) is 15.2. The number of hydrogen-bond donors (Lipinski definition) is 1. The Hall–Kier alpha value is -1.10. The van der Waals surface area contributed by atoms with E-state index in [0.29, 0.717) is 0 Å². The van der Waals surface area contributed by atoms with Gasteiger partial charge in [-0.25, -0.2) is 0 Å². The summed E-state index contributed by atoms with van der Waals surface area (Å²) in [5.41, 5.74) is 0. The van der Waals surface area contributed by atoms with E-state index < -0.39 is 0 Å². The molecule has 5 heteroatoms. The Kier molecular flexibility index (Phi) is 6.03. The monoisotopic (exact) mass is 295 g/mol. The van der Waals surface area contributed by atoms with Gasteiger partial charge in [-0.3, -0.25) is 14.5 Å². The Balaban J connectivity index is 1.89. The van der Waals surface area contributed by atoms with Gasteiger partial charge in [-0.15, -0.1) is 0 Å². The molecule has 0 aromatic heterocycles. The first-order chi connectivity index (χ1) is 10.1. The molecule has 0 saturated carbocycles. The molecule has 1 N–H and O–H groups in total. The zero-order valence-electron chi connectivity index (χ0n) is 13.4. The van der Waals surface area contributed by atoms with Crippen LogP contribution < -0.4 is 5.32 Å². The highest BCUT2D eigenvalue weighted by Crippen LogP contribution is 2.17. The van der Waals surface area contributed by atoms with Crippen LogP contribution in [0.5, 0.6) is 0 Å². The number of rotatable bonds is 3. The fraction of sp³-hybridized carbons (Fsp3) is 0.875. The summed E-state index contributed by atoms with van der Waals surface area (Å²) in [5.74, 6) is 0.286. The first-order valence-corrected chi connectivity index (χ1v) is 8.38. The summed E-state index contributed by atoms with van der Waals surface area (Å²) in [5, 5.41) is 2.99.